The molecule has 3 N–H and O–H groups in total. The molecule has 3 rings (SSSR count). The van der Waals surface area contributed by atoms with Crippen LogP contribution in [0.1, 0.15) is 28.8 Å². The number of hydrogen-bond acceptors (Lipinski definition) is 3. The number of hydrogen-bond donors (Lipinski definition) is 2. The van der Waals surface area contributed by atoms with Gasteiger partial charge in [0.15, 0.2) is 0 Å². The number of nitrogens with one attached hydrogen (secondary N) is 1. The summed E-state index contributed by atoms with van der Waals surface area (Å²) < 4.78 is 14.1. The maximum atomic E-state index is 13.6. The molecule has 2 aromatic rings. The summed E-state index contributed by atoms with van der Waals surface area (Å²) in [5.74, 6) is -1.26. The van der Waals surface area contributed by atoms with Crippen molar-refractivity contribution in [2.45, 2.75) is 19.4 Å². The lowest BCUT2D eigenvalue weighted by atomic mass is 9.97. The van der Waals surface area contributed by atoms with Crippen LogP contribution in [-0.2, 0) is 11.3 Å². The number of nitrogens with zero attached hydrogens (tertiary/aromatic N) is 1. The highest BCUT2D eigenvalue weighted by Crippen LogP contribution is 2.23. The number of anilines is 1. The number of piperidine rings is 1. The van der Waals surface area contributed by atoms with Gasteiger partial charge in [-0.05, 0) is 49.2 Å². The van der Waals surface area contributed by atoms with Gasteiger partial charge in [-0.2, -0.15) is 0 Å². The summed E-state index contributed by atoms with van der Waals surface area (Å²) in [6, 6.07) is 11.6. The van der Waals surface area contributed by atoms with Crippen molar-refractivity contribution in [3.63, 3.8) is 0 Å². The second kappa shape index (κ2) is 8.63. The minimum absolute atomic E-state index is 0.134. The Kier molecular flexibility index (Phi) is 6.23. The Labute approximate surface area is 165 Å². The first-order valence-corrected chi connectivity index (χ1v) is 9.58. The molecule has 1 saturated heterocycles. The molecule has 1 fully saturated rings. The van der Waals surface area contributed by atoms with E-state index in [0.717, 1.165) is 24.9 Å². The molecule has 1 unspecified atom stereocenters. The van der Waals surface area contributed by atoms with Crippen molar-refractivity contribution in [2.24, 2.45) is 11.7 Å². The fraction of sp³-hybridized carbons (Fsp3) is 0.300. The van der Waals surface area contributed by atoms with Crippen LogP contribution in [0.4, 0.5) is 10.1 Å². The number of carbonyl (C=O) groups excluding carboxylic acids is 2. The first-order valence-electron chi connectivity index (χ1n) is 8.79. The van der Waals surface area contributed by atoms with Gasteiger partial charge < -0.3 is 11.1 Å². The summed E-state index contributed by atoms with van der Waals surface area (Å²) in [5, 5.41) is 2.86. The molecule has 1 heterocycles. The Morgan fingerprint density at radius 3 is 2.78 bits per heavy atom. The Balaban J connectivity index is 1.74. The number of benzene rings is 2. The van der Waals surface area contributed by atoms with E-state index in [4.69, 9.17) is 5.73 Å². The topological polar surface area (TPSA) is 75.4 Å². The minimum Gasteiger partial charge on any atom is -0.369 e. The van der Waals surface area contributed by atoms with E-state index >= 15 is 0 Å². The molecule has 27 heavy (non-hydrogen) atoms. The zero-order valence-electron chi connectivity index (χ0n) is 14.8. The van der Waals surface area contributed by atoms with E-state index in [1.807, 2.05) is 24.3 Å². The minimum atomic E-state index is -0.478. The van der Waals surface area contributed by atoms with Crippen molar-refractivity contribution < 1.29 is 14.0 Å². The van der Waals surface area contributed by atoms with Crippen molar-refractivity contribution in [3.05, 3.63) is 63.9 Å². The smallest absolute Gasteiger partial charge is 0.255 e. The molecule has 0 spiro atoms. The molecule has 142 valence electrons. The fourth-order valence-corrected chi connectivity index (χ4v) is 3.80. The second-order valence-corrected chi connectivity index (χ2v) is 7.66. The third-order valence-corrected chi connectivity index (χ3v) is 5.15. The van der Waals surface area contributed by atoms with E-state index in [1.54, 1.807) is 6.07 Å². The van der Waals surface area contributed by atoms with E-state index in [-0.39, 0.29) is 23.3 Å². The zero-order chi connectivity index (χ0) is 19.4. The lowest BCUT2D eigenvalue weighted by molar-refractivity contribution is -0.123. The van der Waals surface area contributed by atoms with Crippen molar-refractivity contribution in [1.29, 1.82) is 0 Å². The molecule has 0 radical (unpaired) electrons. The number of rotatable bonds is 5. The number of carbonyl (C=O) groups is 2. The largest absolute Gasteiger partial charge is 0.369 e. The van der Waals surface area contributed by atoms with Gasteiger partial charge in [0.25, 0.3) is 5.91 Å². The summed E-state index contributed by atoms with van der Waals surface area (Å²) in [4.78, 5) is 26.2. The predicted octanol–water partition coefficient (Wildman–Crippen LogP) is 3.54. The van der Waals surface area contributed by atoms with Crippen molar-refractivity contribution in [2.75, 3.05) is 18.4 Å². The summed E-state index contributed by atoms with van der Waals surface area (Å²) in [5.41, 5.74) is 7.30. The average molecular weight is 434 g/mol. The normalized spacial score (nSPS) is 17.5. The molecule has 0 aromatic heterocycles. The highest BCUT2D eigenvalue weighted by molar-refractivity contribution is 9.10. The fourth-order valence-electron chi connectivity index (χ4n) is 3.33. The quantitative estimate of drug-likeness (QED) is 0.756. The van der Waals surface area contributed by atoms with Gasteiger partial charge in [-0.3, -0.25) is 14.5 Å². The maximum absolute atomic E-state index is 13.6. The van der Waals surface area contributed by atoms with Gasteiger partial charge in [0.05, 0.1) is 5.92 Å². The van der Waals surface area contributed by atoms with Gasteiger partial charge in [0.1, 0.15) is 5.82 Å². The third kappa shape index (κ3) is 5.14. The van der Waals surface area contributed by atoms with Crippen LogP contribution >= 0.6 is 15.9 Å². The first-order chi connectivity index (χ1) is 12.9. The summed E-state index contributed by atoms with van der Waals surface area (Å²) >= 11 is 3.20. The van der Waals surface area contributed by atoms with Crippen molar-refractivity contribution in [3.8, 4) is 0 Å². The van der Waals surface area contributed by atoms with Gasteiger partial charge in [-0.1, -0.05) is 34.1 Å². The average Bonchev–Trinajstić information content (AvgIpc) is 2.62. The van der Waals surface area contributed by atoms with Crippen LogP contribution in [0, 0.1) is 11.7 Å². The van der Waals surface area contributed by atoms with Crippen LogP contribution in [-0.4, -0.2) is 29.8 Å². The number of para-hydroxylation sites is 1. The van der Waals surface area contributed by atoms with Crippen LogP contribution in [0.3, 0.4) is 0 Å². The molecule has 2 aromatic carbocycles. The van der Waals surface area contributed by atoms with Crippen LogP contribution in [0.5, 0.6) is 0 Å². The van der Waals surface area contributed by atoms with Crippen molar-refractivity contribution >= 4 is 33.4 Å². The molecule has 1 aliphatic heterocycles. The summed E-state index contributed by atoms with van der Waals surface area (Å²) in [7, 11) is 0. The summed E-state index contributed by atoms with van der Waals surface area (Å²) in [6.45, 7) is 2.10. The predicted molar refractivity (Wildman–Crippen MR) is 106 cm³/mol. The highest BCUT2D eigenvalue weighted by atomic mass is 79.9. The second-order valence-electron chi connectivity index (χ2n) is 6.75. The number of nitrogens with two attached hydrogens (primary N) is 1. The molecule has 1 aliphatic rings. The molecular weight excluding hydrogens is 413 g/mol. The Morgan fingerprint density at radius 1 is 1.26 bits per heavy atom. The van der Waals surface area contributed by atoms with E-state index in [9.17, 15) is 14.0 Å². The first kappa shape index (κ1) is 19.5. The highest BCUT2D eigenvalue weighted by Gasteiger charge is 2.24. The Bertz CT molecular complexity index is 839. The van der Waals surface area contributed by atoms with Gasteiger partial charge in [0.2, 0.25) is 5.91 Å². The summed E-state index contributed by atoms with van der Waals surface area (Å²) in [6.07, 6.45) is 1.73. The Hall–Kier alpha value is -2.25. The standard InChI is InChI=1S/C20H21BrFN3O2/c21-16-8-15(9-17(22)10-16)20(27)24-18-6-2-1-4-13(18)11-25-7-3-5-14(12-25)19(23)26/h1-2,4,6,8-10,14H,3,5,7,11-12H2,(H2,23,26)(H,24,27). The number of primary amides is 1. The molecule has 0 saturated carbocycles. The molecule has 5 nitrogen and oxygen atoms in total. The van der Waals surface area contributed by atoms with Gasteiger partial charge in [-0.25, -0.2) is 4.39 Å². The molecule has 0 bridgehead atoms. The molecule has 2 amide bonds. The number of likely N-dealkylation sites (tertiary alicyclic amines) is 1. The number of halogens is 2. The van der Waals surface area contributed by atoms with Gasteiger partial charge in [-0.15, -0.1) is 0 Å². The third-order valence-electron chi connectivity index (χ3n) is 4.69. The number of amides is 2. The van der Waals surface area contributed by atoms with Gasteiger partial charge >= 0.3 is 0 Å². The molecular formula is C20H21BrFN3O2. The monoisotopic (exact) mass is 433 g/mol. The van der Waals surface area contributed by atoms with E-state index in [0.29, 0.717) is 23.2 Å². The maximum Gasteiger partial charge on any atom is 0.255 e. The molecule has 1 atom stereocenters. The lowest BCUT2D eigenvalue weighted by Crippen LogP contribution is -2.40. The molecule has 0 aliphatic carbocycles. The Morgan fingerprint density at radius 2 is 2.04 bits per heavy atom. The van der Waals surface area contributed by atoms with Gasteiger partial charge in [0, 0.05) is 28.8 Å². The SMILES string of the molecule is NC(=O)C1CCCN(Cc2ccccc2NC(=O)c2cc(F)cc(Br)c2)C1. The zero-order valence-corrected chi connectivity index (χ0v) is 16.3. The molecule has 7 heteroatoms. The van der Waals surface area contributed by atoms with E-state index < -0.39 is 5.82 Å². The van der Waals surface area contributed by atoms with E-state index in [1.165, 1.54) is 12.1 Å². The van der Waals surface area contributed by atoms with Crippen LogP contribution in [0.15, 0.2) is 46.9 Å². The van der Waals surface area contributed by atoms with E-state index in [2.05, 4.69) is 26.1 Å². The lowest BCUT2D eigenvalue weighted by Gasteiger charge is -2.31. The van der Waals surface area contributed by atoms with Crippen LogP contribution in [0.2, 0.25) is 0 Å². The van der Waals surface area contributed by atoms with Crippen LogP contribution in [0.25, 0.3) is 0 Å². The van der Waals surface area contributed by atoms with Crippen molar-refractivity contribution in [1.82, 2.24) is 4.90 Å². The van der Waals surface area contributed by atoms with Crippen LogP contribution < -0.4 is 11.1 Å².